The fourth-order valence-corrected chi connectivity index (χ4v) is 5.43. The van der Waals surface area contributed by atoms with E-state index in [1.807, 2.05) is 6.07 Å². The molecular formula is C23H20Br2N2O6S. The van der Waals surface area contributed by atoms with Crippen LogP contribution in [-0.2, 0) is 10.0 Å². The van der Waals surface area contributed by atoms with Crippen molar-refractivity contribution in [3.05, 3.63) is 91.5 Å². The van der Waals surface area contributed by atoms with E-state index in [-0.39, 0.29) is 16.3 Å². The van der Waals surface area contributed by atoms with Gasteiger partial charge in [0.1, 0.15) is 11.3 Å². The Morgan fingerprint density at radius 3 is 2.06 bits per heavy atom. The largest absolute Gasteiger partial charge is 0.495 e. The van der Waals surface area contributed by atoms with Crippen molar-refractivity contribution in [2.75, 3.05) is 14.2 Å². The van der Waals surface area contributed by atoms with Crippen molar-refractivity contribution in [2.24, 2.45) is 0 Å². The lowest BCUT2D eigenvalue weighted by Crippen LogP contribution is -2.12. The molecular weight excluding hydrogens is 592 g/mol. The van der Waals surface area contributed by atoms with Crippen molar-refractivity contribution in [3.63, 3.8) is 0 Å². The number of halogens is 2. The number of nitro groups is 1. The van der Waals surface area contributed by atoms with Gasteiger partial charge in [-0.15, -0.1) is 0 Å². The first-order valence-electron chi connectivity index (χ1n) is 9.75. The summed E-state index contributed by atoms with van der Waals surface area (Å²) < 4.78 is 38.5. The topological polar surface area (TPSA) is 101 Å². The number of rotatable bonds is 5. The van der Waals surface area contributed by atoms with E-state index < -0.39 is 14.9 Å². The van der Waals surface area contributed by atoms with E-state index in [2.05, 4.69) is 31.9 Å². The Morgan fingerprint density at radius 1 is 0.882 bits per heavy atom. The maximum Gasteiger partial charge on any atom is 0.314 e. The van der Waals surface area contributed by atoms with Crippen molar-refractivity contribution in [1.29, 1.82) is 0 Å². The minimum atomic E-state index is -3.66. The third-order valence-corrected chi connectivity index (χ3v) is 8.21. The van der Waals surface area contributed by atoms with Crippen LogP contribution in [-0.4, -0.2) is 31.5 Å². The highest BCUT2D eigenvalue weighted by molar-refractivity contribution is 9.11. The molecule has 34 heavy (non-hydrogen) atoms. The zero-order chi connectivity index (χ0) is 25.0. The van der Waals surface area contributed by atoms with Crippen LogP contribution in [0.25, 0.3) is 10.9 Å². The molecule has 178 valence electrons. The number of nitro benzene ring substituents is 1. The minimum Gasteiger partial charge on any atom is -0.495 e. The summed E-state index contributed by atoms with van der Waals surface area (Å²) in [5.74, 6) is 0.795. The minimum absolute atomic E-state index is 0.0110. The third kappa shape index (κ3) is 4.96. The molecule has 0 atom stereocenters. The van der Waals surface area contributed by atoms with Crippen molar-refractivity contribution in [1.82, 2.24) is 3.97 Å². The Kier molecular flexibility index (Phi) is 8.01. The molecule has 4 aromatic rings. The zero-order valence-electron chi connectivity index (χ0n) is 18.4. The monoisotopic (exact) mass is 610 g/mol. The number of hydrogen-bond donors (Lipinski definition) is 0. The van der Waals surface area contributed by atoms with Crippen LogP contribution in [0.2, 0.25) is 0 Å². The average molecular weight is 612 g/mol. The molecule has 8 nitrogen and oxygen atoms in total. The first-order chi connectivity index (χ1) is 16.1. The molecule has 0 aliphatic carbocycles. The molecule has 0 N–H and O–H groups in total. The Labute approximate surface area is 213 Å². The molecule has 1 aromatic heterocycles. The van der Waals surface area contributed by atoms with Gasteiger partial charge in [0.2, 0.25) is 0 Å². The smallest absolute Gasteiger partial charge is 0.314 e. The SMILES string of the molecule is COc1ccc(Br)c(C)c1[N+](=O)[O-].COc1ccc(Br)c2ccn(S(=O)(=O)c3ccccc3)c12. The first-order valence-corrected chi connectivity index (χ1v) is 12.8. The number of fused-ring (bicyclic) bond motifs is 1. The third-order valence-electron chi connectivity index (χ3n) is 4.97. The van der Waals surface area contributed by atoms with E-state index in [1.165, 1.54) is 18.2 Å². The molecule has 1 heterocycles. The summed E-state index contributed by atoms with van der Waals surface area (Å²) in [5, 5.41) is 11.4. The molecule has 0 aliphatic heterocycles. The molecule has 0 fully saturated rings. The van der Waals surface area contributed by atoms with Crippen LogP contribution in [0.3, 0.4) is 0 Å². The van der Waals surface area contributed by atoms with Gasteiger partial charge < -0.3 is 9.47 Å². The van der Waals surface area contributed by atoms with Gasteiger partial charge in [-0.1, -0.05) is 50.1 Å². The van der Waals surface area contributed by atoms with Crippen LogP contribution < -0.4 is 9.47 Å². The molecule has 0 saturated heterocycles. The second kappa shape index (κ2) is 10.6. The van der Waals surface area contributed by atoms with E-state index in [0.717, 1.165) is 9.86 Å². The van der Waals surface area contributed by atoms with E-state index in [4.69, 9.17) is 9.47 Å². The highest BCUT2D eigenvalue weighted by atomic mass is 79.9. The summed E-state index contributed by atoms with van der Waals surface area (Å²) in [7, 11) is -0.720. The second-order valence-corrected chi connectivity index (χ2v) is 10.4. The number of ether oxygens (including phenoxy) is 2. The molecule has 11 heteroatoms. The predicted octanol–water partition coefficient (Wildman–Crippen LogP) is 6.32. The molecule has 0 radical (unpaired) electrons. The highest BCUT2D eigenvalue weighted by Crippen LogP contribution is 2.35. The lowest BCUT2D eigenvalue weighted by atomic mass is 10.2. The Bertz CT molecular complexity index is 1450. The Morgan fingerprint density at radius 2 is 1.47 bits per heavy atom. The molecule has 0 spiro atoms. The van der Waals surface area contributed by atoms with Crippen molar-refractivity contribution in [2.45, 2.75) is 11.8 Å². The van der Waals surface area contributed by atoms with Crippen molar-refractivity contribution < 1.29 is 22.8 Å². The number of nitrogens with zero attached hydrogens (tertiary/aromatic N) is 2. The summed E-state index contributed by atoms with van der Waals surface area (Å²) in [4.78, 5) is 10.5. The van der Waals surface area contributed by atoms with Crippen LogP contribution in [0.4, 0.5) is 5.69 Å². The zero-order valence-corrected chi connectivity index (χ0v) is 22.3. The lowest BCUT2D eigenvalue weighted by molar-refractivity contribution is -0.386. The van der Waals surface area contributed by atoms with Crippen LogP contribution >= 0.6 is 31.9 Å². The number of aromatic nitrogens is 1. The van der Waals surface area contributed by atoms with Gasteiger partial charge in [0.25, 0.3) is 10.0 Å². The van der Waals surface area contributed by atoms with Gasteiger partial charge in [-0.3, -0.25) is 10.1 Å². The second-order valence-electron chi connectivity index (χ2n) is 6.92. The summed E-state index contributed by atoms with van der Waals surface area (Å²) in [6.45, 7) is 1.67. The highest BCUT2D eigenvalue weighted by Gasteiger charge is 2.22. The summed E-state index contributed by atoms with van der Waals surface area (Å²) >= 11 is 6.65. The van der Waals surface area contributed by atoms with Gasteiger partial charge in [-0.05, 0) is 49.4 Å². The van der Waals surface area contributed by atoms with E-state index in [9.17, 15) is 18.5 Å². The summed E-state index contributed by atoms with van der Waals surface area (Å²) in [6.07, 6.45) is 1.54. The van der Waals surface area contributed by atoms with E-state index in [1.54, 1.807) is 67.7 Å². The van der Waals surface area contributed by atoms with Gasteiger partial charge in [0.05, 0.1) is 24.0 Å². The quantitative estimate of drug-likeness (QED) is 0.193. The van der Waals surface area contributed by atoms with Gasteiger partial charge >= 0.3 is 5.69 Å². The fourth-order valence-electron chi connectivity index (χ4n) is 3.28. The lowest BCUT2D eigenvalue weighted by Gasteiger charge is -2.10. The van der Waals surface area contributed by atoms with Gasteiger partial charge in [0.15, 0.2) is 5.75 Å². The molecule has 0 unspecified atom stereocenters. The van der Waals surface area contributed by atoms with Crippen LogP contribution in [0, 0.1) is 17.0 Å². The van der Waals surface area contributed by atoms with Crippen LogP contribution in [0.5, 0.6) is 11.5 Å². The van der Waals surface area contributed by atoms with Crippen LogP contribution in [0.1, 0.15) is 5.56 Å². The normalized spacial score (nSPS) is 11.0. The molecule has 0 saturated carbocycles. The molecule has 0 aliphatic rings. The van der Waals surface area contributed by atoms with Crippen molar-refractivity contribution >= 4 is 58.5 Å². The van der Waals surface area contributed by atoms with Gasteiger partial charge in [-0.25, -0.2) is 12.4 Å². The first kappa shape index (κ1) is 25.7. The molecule has 4 rings (SSSR count). The Hall–Kier alpha value is -2.89. The number of methoxy groups -OCH3 is 2. The fraction of sp³-hybridized carbons (Fsp3) is 0.130. The standard InChI is InChI=1S/C15H12BrNO3S.C8H8BrNO3/c1-20-14-8-7-13(16)12-9-10-17(15(12)14)21(18,19)11-5-3-2-4-6-11;1-5-6(9)3-4-7(13-2)8(5)10(11)12/h2-10H,1H3;3-4H,1-2H3. The molecule has 0 bridgehead atoms. The summed E-state index contributed by atoms with van der Waals surface area (Å²) in [6, 6.07) is 16.9. The number of benzene rings is 3. The van der Waals surface area contributed by atoms with Crippen molar-refractivity contribution in [3.8, 4) is 11.5 Å². The van der Waals surface area contributed by atoms with E-state index >= 15 is 0 Å². The summed E-state index contributed by atoms with van der Waals surface area (Å²) in [5.41, 5.74) is 1.11. The number of hydrogen-bond acceptors (Lipinski definition) is 6. The molecule has 0 amide bonds. The van der Waals surface area contributed by atoms with Gasteiger partial charge in [0, 0.05) is 26.1 Å². The average Bonchev–Trinajstić information content (AvgIpc) is 3.29. The maximum atomic E-state index is 12.8. The molecule has 3 aromatic carbocycles. The Balaban J connectivity index is 0.000000215. The van der Waals surface area contributed by atoms with Gasteiger partial charge in [-0.2, -0.15) is 0 Å². The van der Waals surface area contributed by atoms with E-state index in [0.29, 0.717) is 21.3 Å². The maximum absolute atomic E-state index is 12.8. The van der Waals surface area contributed by atoms with Crippen LogP contribution in [0.15, 0.2) is 80.7 Å². The predicted molar refractivity (Wildman–Crippen MR) is 137 cm³/mol.